The number of hydrogen-bond donors (Lipinski definition) is 3. The van der Waals surface area contributed by atoms with Gasteiger partial charge in [-0.1, -0.05) is 48.5 Å². The molecule has 8 nitrogen and oxygen atoms in total. The quantitative estimate of drug-likeness (QED) is 0.256. The van der Waals surface area contributed by atoms with Gasteiger partial charge >= 0.3 is 11.8 Å². The molecule has 0 aromatic heterocycles. The lowest BCUT2D eigenvalue weighted by atomic mass is 10.1. The molecule has 0 atom stereocenters. The van der Waals surface area contributed by atoms with Crippen molar-refractivity contribution in [2.45, 2.75) is 13.8 Å². The summed E-state index contributed by atoms with van der Waals surface area (Å²) in [4.78, 5) is 37.4. The molecular formula is C27H26N4O4. The Kier molecular flexibility index (Phi) is 8.90. The molecule has 0 radical (unpaired) electrons. The largest absolute Gasteiger partial charge is 0.494 e. The van der Waals surface area contributed by atoms with Gasteiger partial charge in [-0.2, -0.15) is 5.10 Å². The fourth-order valence-corrected chi connectivity index (χ4v) is 2.98. The number of para-hydroxylation sites is 1. The number of allylic oxidation sites excluding steroid dienone is 1. The molecule has 3 N–H and O–H groups in total. The molecule has 178 valence electrons. The van der Waals surface area contributed by atoms with Gasteiger partial charge in [0.05, 0.1) is 23.6 Å². The number of carbonyl (C=O) groups excluding carboxylic acids is 3. The van der Waals surface area contributed by atoms with Gasteiger partial charge in [0, 0.05) is 5.69 Å². The minimum absolute atomic E-state index is 0.195. The Balaban J connectivity index is 1.60. The Labute approximate surface area is 203 Å². The van der Waals surface area contributed by atoms with Gasteiger partial charge in [0.15, 0.2) is 0 Å². The van der Waals surface area contributed by atoms with Crippen LogP contribution in [0.4, 0.5) is 11.4 Å². The predicted molar refractivity (Wildman–Crippen MR) is 137 cm³/mol. The molecule has 0 bridgehead atoms. The number of rotatable bonds is 8. The molecule has 0 fully saturated rings. The second kappa shape index (κ2) is 12.5. The standard InChI is InChI=1S/C27H26N4O4/c1-3-35-22-17-15-21(16-18-22)28-25(32)23-11-7-8-12-24(23)29-26(33)27(34)31-30-19(2)13-14-20-9-5-4-6-10-20/h4-18H,3H2,1-2H3,(H,28,32)(H,29,33)(H,31,34)/b14-13+,30-19+. The monoisotopic (exact) mass is 470 g/mol. The van der Waals surface area contributed by atoms with Crippen molar-refractivity contribution in [1.29, 1.82) is 0 Å². The summed E-state index contributed by atoms with van der Waals surface area (Å²) < 4.78 is 5.39. The van der Waals surface area contributed by atoms with E-state index in [1.807, 2.05) is 43.3 Å². The van der Waals surface area contributed by atoms with Crippen LogP contribution in [0.2, 0.25) is 0 Å². The third-order valence-corrected chi connectivity index (χ3v) is 4.70. The molecule has 8 heteroatoms. The molecule has 0 unspecified atom stereocenters. The van der Waals surface area contributed by atoms with Crippen molar-refractivity contribution < 1.29 is 19.1 Å². The summed E-state index contributed by atoms with van der Waals surface area (Å²) in [7, 11) is 0. The normalized spacial score (nSPS) is 11.1. The number of anilines is 2. The Morgan fingerprint density at radius 3 is 2.26 bits per heavy atom. The Morgan fingerprint density at radius 1 is 0.857 bits per heavy atom. The molecule has 0 spiro atoms. The molecule has 0 heterocycles. The van der Waals surface area contributed by atoms with Crippen LogP contribution in [0.15, 0.2) is 90.0 Å². The van der Waals surface area contributed by atoms with E-state index in [-0.39, 0.29) is 11.3 Å². The van der Waals surface area contributed by atoms with E-state index in [9.17, 15) is 14.4 Å². The zero-order chi connectivity index (χ0) is 25.0. The summed E-state index contributed by atoms with van der Waals surface area (Å²) in [6, 6.07) is 22.9. The first kappa shape index (κ1) is 24.9. The van der Waals surface area contributed by atoms with E-state index in [0.717, 1.165) is 5.56 Å². The van der Waals surface area contributed by atoms with Gasteiger partial charge in [0.2, 0.25) is 0 Å². The lowest BCUT2D eigenvalue weighted by Crippen LogP contribution is -2.33. The number of nitrogens with one attached hydrogen (secondary N) is 3. The molecule has 35 heavy (non-hydrogen) atoms. The topological polar surface area (TPSA) is 109 Å². The van der Waals surface area contributed by atoms with E-state index in [1.54, 1.807) is 55.5 Å². The van der Waals surface area contributed by atoms with E-state index in [1.165, 1.54) is 6.07 Å². The second-order valence-electron chi connectivity index (χ2n) is 7.35. The molecule has 0 aliphatic carbocycles. The van der Waals surface area contributed by atoms with Crippen LogP contribution in [-0.2, 0) is 9.59 Å². The van der Waals surface area contributed by atoms with E-state index >= 15 is 0 Å². The van der Waals surface area contributed by atoms with Crippen LogP contribution in [0.25, 0.3) is 6.08 Å². The van der Waals surface area contributed by atoms with E-state index in [4.69, 9.17) is 4.74 Å². The van der Waals surface area contributed by atoms with Crippen molar-refractivity contribution >= 4 is 40.9 Å². The van der Waals surface area contributed by atoms with Crippen molar-refractivity contribution in [2.24, 2.45) is 5.10 Å². The Hall–Kier alpha value is -4.72. The number of carbonyl (C=O) groups is 3. The summed E-state index contributed by atoms with van der Waals surface area (Å²) >= 11 is 0. The van der Waals surface area contributed by atoms with Gasteiger partial charge in [-0.25, -0.2) is 5.43 Å². The van der Waals surface area contributed by atoms with Crippen LogP contribution in [0.1, 0.15) is 29.8 Å². The number of amides is 3. The van der Waals surface area contributed by atoms with Crippen molar-refractivity contribution in [3.63, 3.8) is 0 Å². The fourth-order valence-electron chi connectivity index (χ4n) is 2.98. The highest BCUT2D eigenvalue weighted by atomic mass is 16.5. The molecular weight excluding hydrogens is 444 g/mol. The average molecular weight is 471 g/mol. The molecule has 0 aliphatic rings. The number of hydrogen-bond acceptors (Lipinski definition) is 5. The third kappa shape index (κ3) is 7.68. The first-order valence-electron chi connectivity index (χ1n) is 11.0. The van der Waals surface area contributed by atoms with Crippen LogP contribution >= 0.6 is 0 Å². The molecule has 0 aliphatic heterocycles. The third-order valence-electron chi connectivity index (χ3n) is 4.70. The van der Waals surface area contributed by atoms with Gasteiger partial charge in [-0.3, -0.25) is 14.4 Å². The number of nitrogens with zero attached hydrogens (tertiary/aromatic N) is 1. The van der Waals surface area contributed by atoms with Crippen LogP contribution in [0, 0.1) is 0 Å². The van der Waals surface area contributed by atoms with Crippen LogP contribution in [0.5, 0.6) is 5.75 Å². The predicted octanol–water partition coefficient (Wildman–Crippen LogP) is 4.48. The Morgan fingerprint density at radius 2 is 1.54 bits per heavy atom. The summed E-state index contributed by atoms with van der Waals surface area (Å²) in [5, 5.41) is 9.14. The minimum atomic E-state index is -0.959. The summed E-state index contributed by atoms with van der Waals surface area (Å²) in [6.07, 6.45) is 3.55. The molecule has 0 saturated carbocycles. The summed E-state index contributed by atoms with van der Waals surface area (Å²) in [6.45, 7) is 4.12. The van der Waals surface area contributed by atoms with E-state index < -0.39 is 17.7 Å². The number of hydrazone groups is 1. The van der Waals surface area contributed by atoms with Crippen LogP contribution < -0.4 is 20.8 Å². The summed E-state index contributed by atoms with van der Waals surface area (Å²) in [5.74, 6) is -1.66. The minimum Gasteiger partial charge on any atom is -0.494 e. The van der Waals surface area contributed by atoms with Crippen LogP contribution in [-0.4, -0.2) is 30.0 Å². The van der Waals surface area contributed by atoms with Gasteiger partial charge in [0.25, 0.3) is 5.91 Å². The zero-order valence-corrected chi connectivity index (χ0v) is 19.4. The lowest BCUT2D eigenvalue weighted by molar-refractivity contribution is -0.136. The molecule has 3 amide bonds. The Bertz CT molecular complexity index is 1240. The van der Waals surface area contributed by atoms with Crippen molar-refractivity contribution in [3.05, 3.63) is 96.1 Å². The maximum atomic E-state index is 12.8. The fraction of sp³-hybridized carbons (Fsp3) is 0.111. The molecule has 3 rings (SSSR count). The number of benzene rings is 3. The van der Waals surface area contributed by atoms with Crippen molar-refractivity contribution in [2.75, 3.05) is 17.2 Å². The van der Waals surface area contributed by atoms with E-state index in [0.29, 0.717) is 23.8 Å². The average Bonchev–Trinajstić information content (AvgIpc) is 2.88. The van der Waals surface area contributed by atoms with Crippen molar-refractivity contribution in [3.8, 4) is 5.75 Å². The van der Waals surface area contributed by atoms with Gasteiger partial charge in [-0.15, -0.1) is 0 Å². The van der Waals surface area contributed by atoms with Gasteiger partial charge in [0.1, 0.15) is 5.75 Å². The highest BCUT2D eigenvalue weighted by molar-refractivity contribution is 6.40. The van der Waals surface area contributed by atoms with Gasteiger partial charge in [-0.05, 0) is 61.9 Å². The maximum Gasteiger partial charge on any atom is 0.329 e. The first-order valence-corrected chi connectivity index (χ1v) is 11.0. The molecule has 3 aromatic carbocycles. The van der Waals surface area contributed by atoms with Gasteiger partial charge < -0.3 is 15.4 Å². The maximum absolute atomic E-state index is 12.8. The highest BCUT2D eigenvalue weighted by Gasteiger charge is 2.18. The molecule has 0 saturated heterocycles. The van der Waals surface area contributed by atoms with E-state index in [2.05, 4.69) is 21.2 Å². The summed E-state index contributed by atoms with van der Waals surface area (Å²) in [5.41, 5.74) is 4.66. The zero-order valence-electron chi connectivity index (χ0n) is 19.4. The lowest BCUT2D eigenvalue weighted by Gasteiger charge is -2.11. The van der Waals surface area contributed by atoms with Crippen LogP contribution in [0.3, 0.4) is 0 Å². The van der Waals surface area contributed by atoms with Crippen molar-refractivity contribution in [1.82, 2.24) is 5.43 Å². The SMILES string of the molecule is CCOc1ccc(NC(=O)c2ccccc2NC(=O)C(=O)N/N=C(C)/C=C/c2ccccc2)cc1. The smallest absolute Gasteiger partial charge is 0.329 e. The highest BCUT2D eigenvalue weighted by Crippen LogP contribution is 2.19. The first-order chi connectivity index (χ1) is 17.0. The molecule has 3 aromatic rings. The number of ether oxygens (including phenoxy) is 1. The second-order valence-corrected chi connectivity index (χ2v) is 7.35.